The Morgan fingerprint density at radius 1 is 1.35 bits per heavy atom. The number of rotatable bonds is 3. The standard InChI is InChI=1S/C14H13BrFN3O/c1-19(2)12-6-7-17-8-11(12)18-14(20)13-9(15)4-3-5-10(13)16/h3-8H,1-2H3,(H,18,20). The number of amides is 1. The summed E-state index contributed by atoms with van der Waals surface area (Å²) in [6.45, 7) is 0. The van der Waals surface area contributed by atoms with Crippen molar-refractivity contribution in [3.63, 3.8) is 0 Å². The van der Waals surface area contributed by atoms with Crippen LogP contribution in [0.1, 0.15) is 10.4 Å². The van der Waals surface area contributed by atoms with Crippen LogP contribution < -0.4 is 10.2 Å². The number of nitrogens with zero attached hydrogens (tertiary/aromatic N) is 2. The first-order valence-electron chi connectivity index (χ1n) is 5.87. The van der Waals surface area contributed by atoms with Crippen molar-refractivity contribution in [2.45, 2.75) is 0 Å². The Labute approximate surface area is 124 Å². The highest BCUT2D eigenvalue weighted by Crippen LogP contribution is 2.25. The van der Waals surface area contributed by atoms with E-state index in [9.17, 15) is 9.18 Å². The molecule has 104 valence electrons. The summed E-state index contributed by atoms with van der Waals surface area (Å²) in [7, 11) is 3.70. The molecule has 0 spiro atoms. The van der Waals surface area contributed by atoms with Gasteiger partial charge in [0.15, 0.2) is 0 Å². The van der Waals surface area contributed by atoms with Crippen molar-refractivity contribution >= 4 is 33.2 Å². The van der Waals surface area contributed by atoms with Gasteiger partial charge in [0.1, 0.15) is 5.82 Å². The van der Waals surface area contributed by atoms with Crippen molar-refractivity contribution in [3.8, 4) is 0 Å². The summed E-state index contributed by atoms with van der Waals surface area (Å²) in [6, 6.07) is 6.17. The molecule has 2 rings (SSSR count). The summed E-state index contributed by atoms with van der Waals surface area (Å²) in [4.78, 5) is 18.0. The van der Waals surface area contributed by atoms with E-state index in [2.05, 4.69) is 26.2 Å². The first-order chi connectivity index (χ1) is 9.50. The number of benzene rings is 1. The molecular weight excluding hydrogens is 325 g/mol. The maximum absolute atomic E-state index is 13.7. The Morgan fingerprint density at radius 2 is 2.10 bits per heavy atom. The Balaban J connectivity index is 2.33. The molecule has 0 saturated carbocycles. The van der Waals surface area contributed by atoms with E-state index in [4.69, 9.17) is 0 Å². The van der Waals surface area contributed by atoms with Crippen LogP contribution in [-0.2, 0) is 0 Å². The van der Waals surface area contributed by atoms with Crippen molar-refractivity contribution in [2.75, 3.05) is 24.3 Å². The van der Waals surface area contributed by atoms with E-state index in [-0.39, 0.29) is 5.56 Å². The van der Waals surface area contributed by atoms with Crippen LogP contribution >= 0.6 is 15.9 Å². The van der Waals surface area contributed by atoms with Gasteiger partial charge in [-0.3, -0.25) is 9.78 Å². The highest BCUT2D eigenvalue weighted by Gasteiger charge is 2.17. The summed E-state index contributed by atoms with van der Waals surface area (Å²) < 4.78 is 14.2. The van der Waals surface area contributed by atoms with Crippen LogP contribution in [0.2, 0.25) is 0 Å². The molecule has 20 heavy (non-hydrogen) atoms. The SMILES string of the molecule is CN(C)c1ccncc1NC(=O)c1c(F)cccc1Br. The first-order valence-corrected chi connectivity index (χ1v) is 6.66. The number of pyridine rings is 1. The molecule has 0 aliphatic carbocycles. The number of nitrogens with one attached hydrogen (secondary N) is 1. The number of carbonyl (C=O) groups excluding carboxylic acids is 1. The third-order valence-electron chi connectivity index (χ3n) is 2.72. The molecule has 1 aromatic heterocycles. The summed E-state index contributed by atoms with van der Waals surface area (Å²) in [6.07, 6.45) is 3.16. The molecule has 2 aromatic rings. The molecule has 4 nitrogen and oxygen atoms in total. The molecule has 1 heterocycles. The van der Waals surface area contributed by atoms with Gasteiger partial charge in [-0.25, -0.2) is 4.39 Å². The molecule has 0 saturated heterocycles. The van der Waals surface area contributed by atoms with Crippen LogP contribution in [0.25, 0.3) is 0 Å². The molecular formula is C14H13BrFN3O. The van der Waals surface area contributed by atoms with E-state index in [1.165, 1.54) is 18.3 Å². The molecule has 0 radical (unpaired) electrons. The van der Waals surface area contributed by atoms with E-state index in [1.54, 1.807) is 18.3 Å². The fourth-order valence-electron chi connectivity index (χ4n) is 1.77. The van der Waals surface area contributed by atoms with E-state index in [0.717, 1.165) is 5.69 Å². The first kappa shape index (κ1) is 14.5. The average molecular weight is 338 g/mol. The van der Waals surface area contributed by atoms with E-state index in [0.29, 0.717) is 10.2 Å². The minimum absolute atomic E-state index is 0.0268. The lowest BCUT2D eigenvalue weighted by Crippen LogP contribution is -2.18. The van der Waals surface area contributed by atoms with Crippen LogP contribution in [0.4, 0.5) is 15.8 Å². The molecule has 0 aliphatic heterocycles. The lowest BCUT2D eigenvalue weighted by atomic mass is 10.2. The third-order valence-corrected chi connectivity index (χ3v) is 3.38. The van der Waals surface area contributed by atoms with Gasteiger partial charge in [-0.2, -0.15) is 0 Å². The largest absolute Gasteiger partial charge is 0.376 e. The zero-order valence-electron chi connectivity index (χ0n) is 11.0. The van der Waals surface area contributed by atoms with Crippen molar-refractivity contribution in [1.82, 2.24) is 4.98 Å². The fraction of sp³-hybridized carbons (Fsp3) is 0.143. The van der Waals surface area contributed by atoms with Gasteiger partial charge < -0.3 is 10.2 Å². The Bertz CT molecular complexity index is 626. The van der Waals surface area contributed by atoms with Crippen molar-refractivity contribution in [2.24, 2.45) is 0 Å². The van der Waals surface area contributed by atoms with Crippen LogP contribution in [-0.4, -0.2) is 25.0 Å². The smallest absolute Gasteiger partial charge is 0.259 e. The van der Waals surface area contributed by atoms with Gasteiger partial charge in [-0.05, 0) is 34.1 Å². The van der Waals surface area contributed by atoms with E-state index in [1.807, 2.05) is 19.0 Å². The highest BCUT2D eigenvalue weighted by atomic mass is 79.9. The van der Waals surface area contributed by atoms with Gasteiger partial charge in [0.05, 0.1) is 23.1 Å². The number of halogens is 2. The summed E-state index contributed by atoms with van der Waals surface area (Å²) in [5.41, 5.74) is 1.29. The average Bonchev–Trinajstić information content (AvgIpc) is 2.38. The zero-order chi connectivity index (χ0) is 14.7. The Kier molecular flexibility index (Phi) is 4.34. The maximum atomic E-state index is 13.7. The van der Waals surface area contributed by atoms with Gasteiger partial charge in [0, 0.05) is 24.8 Å². The highest BCUT2D eigenvalue weighted by molar-refractivity contribution is 9.10. The molecule has 0 fully saturated rings. The molecule has 6 heteroatoms. The summed E-state index contributed by atoms with van der Waals surface area (Å²) in [5, 5.41) is 2.68. The normalized spacial score (nSPS) is 10.2. The van der Waals surface area contributed by atoms with E-state index >= 15 is 0 Å². The fourth-order valence-corrected chi connectivity index (χ4v) is 2.30. The molecule has 0 atom stereocenters. The quantitative estimate of drug-likeness (QED) is 0.934. The molecule has 0 unspecified atom stereocenters. The monoisotopic (exact) mass is 337 g/mol. The number of aromatic nitrogens is 1. The second-order valence-corrected chi connectivity index (χ2v) is 5.19. The van der Waals surface area contributed by atoms with Gasteiger partial charge >= 0.3 is 0 Å². The van der Waals surface area contributed by atoms with Crippen molar-refractivity contribution < 1.29 is 9.18 Å². The van der Waals surface area contributed by atoms with Crippen LogP contribution in [0, 0.1) is 5.82 Å². The van der Waals surface area contributed by atoms with Gasteiger partial charge in [0.25, 0.3) is 5.91 Å². The van der Waals surface area contributed by atoms with Crippen LogP contribution in [0.3, 0.4) is 0 Å². The van der Waals surface area contributed by atoms with Crippen LogP contribution in [0.15, 0.2) is 41.1 Å². The summed E-state index contributed by atoms with van der Waals surface area (Å²) in [5.74, 6) is -1.10. The maximum Gasteiger partial charge on any atom is 0.259 e. The molecule has 1 N–H and O–H groups in total. The van der Waals surface area contributed by atoms with Gasteiger partial charge in [0.2, 0.25) is 0 Å². The molecule has 0 bridgehead atoms. The molecule has 1 amide bonds. The predicted octanol–water partition coefficient (Wildman–Crippen LogP) is 3.30. The number of carbonyl (C=O) groups is 1. The second-order valence-electron chi connectivity index (χ2n) is 4.34. The Hall–Kier alpha value is -1.95. The van der Waals surface area contributed by atoms with Gasteiger partial charge in [-0.1, -0.05) is 6.07 Å². The van der Waals surface area contributed by atoms with Crippen molar-refractivity contribution in [3.05, 3.63) is 52.5 Å². The van der Waals surface area contributed by atoms with E-state index < -0.39 is 11.7 Å². The lowest BCUT2D eigenvalue weighted by molar-refractivity contribution is 0.102. The molecule has 0 aliphatic rings. The lowest BCUT2D eigenvalue weighted by Gasteiger charge is -2.17. The predicted molar refractivity (Wildman–Crippen MR) is 80.6 cm³/mol. The van der Waals surface area contributed by atoms with Gasteiger partial charge in [-0.15, -0.1) is 0 Å². The minimum atomic E-state index is -0.577. The minimum Gasteiger partial charge on any atom is -0.376 e. The number of hydrogen-bond donors (Lipinski definition) is 1. The topological polar surface area (TPSA) is 45.2 Å². The summed E-state index contributed by atoms with van der Waals surface area (Å²) >= 11 is 3.18. The molecule has 1 aromatic carbocycles. The van der Waals surface area contributed by atoms with Crippen LogP contribution in [0.5, 0.6) is 0 Å². The van der Waals surface area contributed by atoms with Crippen molar-refractivity contribution in [1.29, 1.82) is 0 Å². The number of hydrogen-bond acceptors (Lipinski definition) is 3. The Morgan fingerprint density at radius 3 is 2.75 bits per heavy atom. The third kappa shape index (κ3) is 2.96. The second kappa shape index (κ2) is 6.00. The zero-order valence-corrected chi connectivity index (χ0v) is 12.6. The number of anilines is 2.